The number of benzene rings is 3. The first kappa shape index (κ1) is 18.2. The molecule has 3 aromatic rings. The molecule has 0 aliphatic heterocycles. The lowest BCUT2D eigenvalue weighted by molar-refractivity contribution is -0.114. The molecule has 0 heterocycles. The van der Waals surface area contributed by atoms with Gasteiger partial charge in [-0.1, -0.05) is 60.7 Å². The number of nitriles is 1. The average molecular weight is 355 g/mol. The van der Waals surface area contributed by atoms with E-state index in [9.17, 15) is 4.79 Å². The number of carbonyl (C=O) groups is 1. The van der Waals surface area contributed by atoms with Gasteiger partial charge >= 0.3 is 0 Å². The van der Waals surface area contributed by atoms with Crippen molar-refractivity contribution in [3.63, 3.8) is 0 Å². The van der Waals surface area contributed by atoms with E-state index in [0.29, 0.717) is 6.42 Å². The van der Waals surface area contributed by atoms with E-state index in [1.807, 2.05) is 60.7 Å². The fourth-order valence-corrected chi connectivity index (χ4v) is 2.84. The van der Waals surface area contributed by atoms with Crippen molar-refractivity contribution in [2.24, 2.45) is 0 Å². The van der Waals surface area contributed by atoms with Gasteiger partial charge in [-0.3, -0.25) is 4.79 Å². The van der Waals surface area contributed by atoms with Crippen LogP contribution >= 0.6 is 0 Å². The largest absolute Gasteiger partial charge is 0.376 e. The van der Waals surface area contributed by atoms with Gasteiger partial charge in [0.15, 0.2) is 0 Å². The van der Waals surface area contributed by atoms with Gasteiger partial charge in [-0.15, -0.1) is 0 Å². The summed E-state index contributed by atoms with van der Waals surface area (Å²) in [7, 11) is 0. The van der Waals surface area contributed by atoms with E-state index >= 15 is 0 Å². The maximum absolute atomic E-state index is 12.2. The summed E-state index contributed by atoms with van der Waals surface area (Å²) in [6.07, 6.45) is 1.18. The molecule has 2 N–H and O–H groups in total. The summed E-state index contributed by atoms with van der Waals surface area (Å²) in [6.45, 7) is 0.186. The molecular formula is C23H21N3O. The van der Waals surface area contributed by atoms with Crippen molar-refractivity contribution in [3.05, 3.63) is 95.6 Å². The zero-order valence-corrected chi connectivity index (χ0v) is 15.0. The molecule has 3 aromatic carbocycles. The quantitative estimate of drug-likeness (QED) is 0.660. The van der Waals surface area contributed by atoms with Crippen LogP contribution in [0.3, 0.4) is 0 Å². The minimum atomic E-state index is -0.113. The van der Waals surface area contributed by atoms with Crippen molar-refractivity contribution in [2.45, 2.75) is 12.8 Å². The van der Waals surface area contributed by atoms with Crippen LogP contribution in [0, 0.1) is 11.3 Å². The molecule has 0 saturated carbocycles. The summed E-state index contributed by atoms with van der Waals surface area (Å²) < 4.78 is 0. The van der Waals surface area contributed by atoms with Crippen molar-refractivity contribution >= 4 is 17.3 Å². The Labute approximate surface area is 159 Å². The highest BCUT2D eigenvalue weighted by Crippen LogP contribution is 2.19. The molecule has 0 atom stereocenters. The average Bonchev–Trinajstić information content (AvgIpc) is 2.70. The van der Waals surface area contributed by atoms with Crippen LogP contribution < -0.4 is 10.6 Å². The molecule has 0 aliphatic rings. The smallest absolute Gasteiger partial charge is 0.243 e. The van der Waals surface area contributed by atoms with E-state index in [1.54, 1.807) is 0 Å². The summed E-state index contributed by atoms with van der Waals surface area (Å²) in [5.74, 6) is -0.113. The fourth-order valence-electron chi connectivity index (χ4n) is 2.84. The first-order valence-electron chi connectivity index (χ1n) is 8.86. The minimum Gasteiger partial charge on any atom is -0.376 e. The van der Waals surface area contributed by atoms with Crippen molar-refractivity contribution in [3.8, 4) is 6.07 Å². The molecule has 27 heavy (non-hydrogen) atoms. The molecule has 0 radical (unpaired) electrons. The summed E-state index contributed by atoms with van der Waals surface area (Å²) >= 11 is 0. The zero-order chi connectivity index (χ0) is 18.9. The van der Waals surface area contributed by atoms with Gasteiger partial charge in [0, 0.05) is 11.4 Å². The Hall–Kier alpha value is -3.58. The number of amides is 1. The molecule has 0 aromatic heterocycles. The van der Waals surface area contributed by atoms with Crippen LogP contribution in [0.4, 0.5) is 11.4 Å². The summed E-state index contributed by atoms with van der Waals surface area (Å²) in [5, 5.41) is 14.8. The van der Waals surface area contributed by atoms with E-state index in [-0.39, 0.29) is 12.5 Å². The molecule has 3 rings (SSSR count). The van der Waals surface area contributed by atoms with Gasteiger partial charge in [0.05, 0.1) is 19.0 Å². The zero-order valence-electron chi connectivity index (χ0n) is 15.0. The second-order valence-electron chi connectivity index (χ2n) is 6.25. The second kappa shape index (κ2) is 9.21. The molecule has 0 fully saturated rings. The Morgan fingerprint density at radius 3 is 2.30 bits per heavy atom. The van der Waals surface area contributed by atoms with Crippen LogP contribution in [0.15, 0.2) is 78.9 Å². The molecule has 134 valence electrons. The van der Waals surface area contributed by atoms with Gasteiger partial charge in [0.2, 0.25) is 5.91 Å². The lowest BCUT2D eigenvalue weighted by atomic mass is 10.0. The Balaban J connectivity index is 1.58. The molecule has 0 spiro atoms. The van der Waals surface area contributed by atoms with Crippen LogP contribution in [0.5, 0.6) is 0 Å². The van der Waals surface area contributed by atoms with Crippen molar-refractivity contribution in [2.75, 3.05) is 17.2 Å². The topological polar surface area (TPSA) is 64.9 Å². The Morgan fingerprint density at radius 1 is 0.852 bits per heavy atom. The number of hydrogen-bond donors (Lipinski definition) is 2. The first-order chi connectivity index (χ1) is 13.2. The number of para-hydroxylation sites is 1. The third-order valence-electron chi connectivity index (χ3n) is 4.22. The molecule has 0 saturated heterocycles. The van der Waals surface area contributed by atoms with Gasteiger partial charge in [0.25, 0.3) is 0 Å². The standard InChI is InChI=1S/C23H21N3O/c24-15-14-18-10-12-21(13-11-18)26-23(27)17-25-22-9-5-4-8-20(22)16-19-6-2-1-3-7-19/h1-13,25H,14,16-17H2,(H,26,27). The molecular weight excluding hydrogens is 334 g/mol. The number of hydrogen-bond acceptors (Lipinski definition) is 3. The summed E-state index contributed by atoms with van der Waals surface area (Å²) in [5.41, 5.74) is 5.00. The Bertz CT molecular complexity index is 928. The molecule has 0 unspecified atom stereocenters. The Morgan fingerprint density at radius 2 is 1.56 bits per heavy atom. The summed E-state index contributed by atoms with van der Waals surface area (Å²) in [4.78, 5) is 12.2. The SMILES string of the molecule is N#CCc1ccc(NC(=O)CNc2ccccc2Cc2ccccc2)cc1. The number of nitrogens with one attached hydrogen (secondary N) is 2. The van der Waals surface area contributed by atoms with E-state index in [4.69, 9.17) is 5.26 Å². The highest BCUT2D eigenvalue weighted by Gasteiger charge is 2.06. The number of rotatable bonds is 7. The molecule has 4 heteroatoms. The number of nitrogens with zero attached hydrogens (tertiary/aromatic N) is 1. The van der Waals surface area contributed by atoms with E-state index < -0.39 is 0 Å². The van der Waals surface area contributed by atoms with Gasteiger partial charge in [-0.05, 0) is 41.3 Å². The predicted octanol–water partition coefficient (Wildman–Crippen LogP) is 4.39. The van der Waals surface area contributed by atoms with Crippen molar-refractivity contribution < 1.29 is 4.79 Å². The van der Waals surface area contributed by atoms with Crippen LogP contribution in [0.1, 0.15) is 16.7 Å². The van der Waals surface area contributed by atoms with Crippen LogP contribution in [-0.4, -0.2) is 12.5 Å². The maximum atomic E-state index is 12.2. The monoisotopic (exact) mass is 355 g/mol. The van der Waals surface area contributed by atoms with Gasteiger partial charge in [-0.2, -0.15) is 5.26 Å². The fraction of sp³-hybridized carbons (Fsp3) is 0.130. The van der Waals surface area contributed by atoms with E-state index in [2.05, 4.69) is 34.9 Å². The predicted molar refractivity (Wildman–Crippen MR) is 109 cm³/mol. The van der Waals surface area contributed by atoms with Crippen LogP contribution in [0.2, 0.25) is 0 Å². The van der Waals surface area contributed by atoms with Gasteiger partial charge < -0.3 is 10.6 Å². The molecule has 0 aliphatic carbocycles. The lowest BCUT2D eigenvalue weighted by Gasteiger charge is -2.12. The number of anilines is 2. The minimum absolute atomic E-state index is 0.113. The Kier molecular flexibility index (Phi) is 6.21. The van der Waals surface area contributed by atoms with Crippen LogP contribution in [-0.2, 0) is 17.6 Å². The van der Waals surface area contributed by atoms with E-state index in [1.165, 1.54) is 5.56 Å². The normalized spacial score (nSPS) is 10.0. The molecule has 4 nitrogen and oxygen atoms in total. The molecule has 1 amide bonds. The van der Waals surface area contributed by atoms with E-state index in [0.717, 1.165) is 28.9 Å². The number of carbonyl (C=O) groups excluding carboxylic acids is 1. The highest BCUT2D eigenvalue weighted by molar-refractivity contribution is 5.93. The van der Waals surface area contributed by atoms with Crippen molar-refractivity contribution in [1.29, 1.82) is 5.26 Å². The van der Waals surface area contributed by atoms with Crippen LogP contribution in [0.25, 0.3) is 0 Å². The highest BCUT2D eigenvalue weighted by atomic mass is 16.1. The summed E-state index contributed by atoms with van der Waals surface area (Å²) in [6, 6.07) is 27.7. The third kappa shape index (κ3) is 5.45. The first-order valence-corrected chi connectivity index (χ1v) is 8.86. The van der Waals surface area contributed by atoms with Gasteiger partial charge in [0.1, 0.15) is 0 Å². The van der Waals surface area contributed by atoms with Gasteiger partial charge in [-0.25, -0.2) is 0 Å². The lowest BCUT2D eigenvalue weighted by Crippen LogP contribution is -2.22. The second-order valence-corrected chi connectivity index (χ2v) is 6.25. The maximum Gasteiger partial charge on any atom is 0.243 e. The van der Waals surface area contributed by atoms with Crippen molar-refractivity contribution in [1.82, 2.24) is 0 Å². The molecule has 0 bridgehead atoms. The third-order valence-corrected chi connectivity index (χ3v) is 4.22.